The monoisotopic (exact) mass is 532 g/mol. The third-order valence-electron chi connectivity index (χ3n) is 7.50. The normalized spacial score (nSPS) is 22.6. The predicted octanol–water partition coefficient (Wildman–Crippen LogP) is 4.27. The van der Waals surface area contributed by atoms with Gasteiger partial charge in [0.05, 0.1) is 16.1 Å². The molecule has 37 heavy (non-hydrogen) atoms. The summed E-state index contributed by atoms with van der Waals surface area (Å²) in [5.74, 6) is 0.995. The molecule has 1 aliphatic carbocycles. The van der Waals surface area contributed by atoms with Crippen molar-refractivity contribution in [2.24, 2.45) is 5.92 Å². The Labute approximate surface area is 216 Å². The van der Waals surface area contributed by atoms with Crippen LogP contribution in [0.2, 0.25) is 0 Å². The van der Waals surface area contributed by atoms with E-state index in [2.05, 4.69) is 16.9 Å². The van der Waals surface area contributed by atoms with Crippen LogP contribution in [0.25, 0.3) is 0 Å². The van der Waals surface area contributed by atoms with Crippen LogP contribution in [-0.2, 0) is 21.0 Å². The number of carbonyl (C=O) groups is 1. The van der Waals surface area contributed by atoms with Crippen LogP contribution in [0.4, 0.5) is 20.7 Å². The second-order valence-corrected chi connectivity index (χ2v) is 12.4. The van der Waals surface area contributed by atoms with E-state index in [0.717, 1.165) is 37.1 Å². The predicted molar refractivity (Wildman–Crippen MR) is 135 cm³/mol. The molecule has 11 heteroatoms. The fraction of sp³-hybridized carbons (Fsp3) is 0.577. The second kappa shape index (κ2) is 10.4. The second-order valence-electron chi connectivity index (χ2n) is 10.3. The van der Waals surface area contributed by atoms with Gasteiger partial charge in [0.1, 0.15) is 30.2 Å². The number of benzene rings is 1. The lowest BCUT2D eigenvalue weighted by molar-refractivity contribution is 0.0222. The molecule has 0 bridgehead atoms. The maximum Gasteiger partial charge on any atom is 0.410 e. The molecular weight excluding hydrogens is 499 g/mol. The van der Waals surface area contributed by atoms with Gasteiger partial charge >= 0.3 is 6.09 Å². The van der Waals surface area contributed by atoms with Crippen molar-refractivity contribution < 1.29 is 27.1 Å². The van der Waals surface area contributed by atoms with Gasteiger partial charge in [-0.15, -0.1) is 0 Å². The summed E-state index contributed by atoms with van der Waals surface area (Å²) in [6.45, 7) is 3.80. The zero-order chi connectivity index (χ0) is 26.2. The SMILES string of the molecule is C[C@@H]1CCCC(OC(=O)N2CCC(Oc3ncnc4c3CCN4c3ccc(S(C)(=O)=O)cc3F)CC2)C1. The molecular formula is C26H33FN4O5S. The van der Waals surface area contributed by atoms with Crippen molar-refractivity contribution >= 4 is 27.4 Å². The van der Waals surface area contributed by atoms with Gasteiger partial charge in [0, 0.05) is 38.7 Å². The number of likely N-dealkylation sites (tertiary alicyclic amines) is 1. The number of anilines is 2. The summed E-state index contributed by atoms with van der Waals surface area (Å²) in [7, 11) is -3.51. The van der Waals surface area contributed by atoms with Crippen LogP contribution in [0.3, 0.4) is 0 Å². The van der Waals surface area contributed by atoms with E-state index in [1.165, 1.54) is 24.9 Å². The molecule has 2 aromatic rings. The Morgan fingerprint density at radius 2 is 1.86 bits per heavy atom. The number of piperidine rings is 1. The van der Waals surface area contributed by atoms with Gasteiger partial charge in [-0.05, 0) is 49.8 Å². The molecule has 2 aliphatic heterocycles. The van der Waals surface area contributed by atoms with E-state index < -0.39 is 15.7 Å². The van der Waals surface area contributed by atoms with Crippen LogP contribution in [0.15, 0.2) is 29.4 Å². The topological polar surface area (TPSA) is 102 Å². The first-order valence-electron chi connectivity index (χ1n) is 12.9. The number of fused-ring (bicyclic) bond motifs is 1. The number of amides is 1. The number of halogens is 1. The molecule has 1 saturated carbocycles. The Kier molecular flexibility index (Phi) is 7.24. The van der Waals surface area contributed by atoms with Crippen LogP contribution < -0.4 is 9.64 Å². The molecule has 9 nitrogen and oxygen atoms in total. The minimum Gasteiger partial charge on any atom is -0.474 e. The molecule has 0 N–H and O–H groups in total. The summed E-state index contributed by atoms with van der Waals surface area (Å²) in [5, 5.41) is 0. The third kappa shape index (κ3) is 5.66. The summed E-state index contributed by atoms with van der Waals surface area (Å²) in [6, 6.07) is 3.90. The molecule has 1 unspecified atom stereocenters. The van der Waals surface area contributed by atoms with Crippen LogP contribution in [0.1, 0.15) is 51.0 Å². The number of ether oxygens (including phenoxy) is 2. The van der Waals surface area contributed by atoms with Gasteiger partial charge in [-0.1, -0.05) is 13.3 Å². The molecule has 1 aromatic carbocycles. The molecule has 1 amide bonds. The van der Waals surface area contributed by atoms with E-state index in [9.17, 15) is 17.6 Å². The van der Waals surface area contributed by atoms with Crippen molar-refractivity contribution in [2.45, 2.75) is 69.0 Å². The minimum atomic E-state index is -3.51. The zero-order valence-corrected chi connectivity index (χ0v) is 22.0. The number of carbonyl (C=O) groups excluding carboxylic acids is 1. The average Bonchev–Trinajstić information content (AvgIpc) is 3.29. The number of hydrogen-bond acceptors (Lipinski definition) is 8. The maximum absolute atomic E-state index is 14.8. The lowest BCUT2D eigenvalue weighted by atomic mass is 9.89. The fourth-order valence-corrected chi connectivity index (χ4v) is 6.09. The van der Waals surface area contributed by atoms with E-state index in [0.29, 0.717) is 56.5 Å². The highest BCUT2D eigenvalue weighted by molar-refractivity contribution is 7.90. The summed E-state index contributed by atoms with van der Waals surface area (Å²) < 4.78 is 50.4. The van der Waals surface area contributed by atoms with E-state index in [1.807, 2.05) is 0 Å². The van der Waals surface area contributed by atoms with Crippen LogP contribution >= 0.6 is 0 Å². The molecule has 3 aliphatic rings. The molecule has 5 rings (SSSR count). The number of rotatable bonds is 5. The Bertz CT molecular complexity index is 1270. The molecule has 1 aromatic heterocycles. The van der Waals surface area contributed by atoms with E-state index in [4.69, 9.17) is 9.47 Å². The van der Waals surface area contributed by atoms with Gasteiger partial charge < -0.3 is 19.3 Å². The molecule has 1 saturated heterocycles. The van der Waals surface area contributed by atoms with Gasteiger partial charge in [0.15, 0.2) is 9.84 Å². The largest absolute Gasteiger partial charge is 0.474 e. The van der Waals surface area contributed by atoms with E-state index in [1.54, 1.807) is 9.80 Å². The first kappa shape index (κ1) is 25.7. The number of nitrogens with zero attached hydrogens (tertiary/aromatic N) is 4. The Hall–Kier alpha value is -2.95. The standard InChI is InChI=1S/C26H33FN4O5S/c1-17-4-3-5-19(14-17)36-26(32)30-11-8-18(9-12-30)35-25-21-10-13-31(24(21)28-16-29-25)23-7-6-20(15-22(23)27)37(2,33)34/h6-7,15-19H,3-5,8-14H2,1-2H3/t17-,19?/m1/s1. The summed E-state index contributed by atoms with van der Waals surface area (Å²) in [5.41, 5.74) is 1.05. The average molecular weight is 533 g/mol. The van der Waals surface area contributed by atoms with E-state index in [-0.39, 0.29) is 28.9 Å². The van der Waals surface area contributed by atoms with Crippen LogP contribution in [0.5, 0.6) is 5.88 Å². The first-order chi connectivity index (χ1) is 17.7. The highest BCUT2D eigenvalue weighted by Gasteiger charge is 2.32. The Morgan fingerprint density at radius 1 is 1.08 bits per heavy atom. The van der Waals surface area contributed by atoms with Crippen molar-refractivity contribution in [1.82, 2.24) is 14.9 Å². The lowest BCUT2D eigenvalue weighted by Gasteiger charge is -2.34. The highest BCUT2D eigenvalue weighted by Crippen LogP contribution is 2.38. The van der Waals surface area contributed by atoms with Gasteiger partial charge in [0.25, 0.3) is 0 Å². The number of hydrogen-bond donors (Lipinski definition) is 0. The molecule has 0 radical (unpaired) electrons. The fourth-order valence-electron chi connectivity index (χ4n) is 5.46. The molecule has 2 atom stereocenters. The Morgan fingerprint density at radius 3 is 2.57 bits per heavy atom. The molecule has 3 heterocycles. The number of sulfone groups is 1. The first-order valence-corrected chi connectivity index (χ1v) is 14.8. The van der Waals surface area contributed by atoms with Crippen molar-refractivity contribution in [3.05, 3.63) is 35.9 Å². The quantitative estimate of drug-likeness (QED) is 0.563. The summed E-state index contributed by atoms with van der Waals surface area (Å²) in [4.78, 5) is 24.7. The molecule has 2 fully saturated rings. The van der Waals surface area contributed by atoms with Crippen LogP contribution in [0, 0.1) is 11.7 Å². The van der Waals surface area contributed by atoms with E-state index >= 15 is 0 Å². The van der Waals surface area contributed by atoms with Gasteiger partial charge in [-0.3, -0.25) is 0 Å². The summed E-state index contributed by atoms with van der Waals surface area (Å²) >= 11 is 0. The van der Waals surface area contributed by atoms with Gasteiger partial charge in [0.2, 0.25) is 5.88 Å². The number of aromatic nitrogens is 2. The highest BCUT2D eigenvalue weighted by atomic mass is 32.2. The lowest BCUT2D eigenvalue weighted by Crippen LogP contribution is -2.43. The minimum absolute atomic E-state index is 0.0178. The van der Waals surface area contributed by atoms with Crippen molar-refractivity contribution in [3.63, 3.8) is 0 Å². The zero-order valence-electron chi connectivity index (χ0n) is 21.2. The van der Waals surface area contributed by atoms with Crippen molar-refractivity contribution in [1.29, 1.82) is 0 Å². The smallest absolute Gasteiger partial charge is 0.410 e. The Balaban J connectivity index is 1.21. The molecule has 0 spiro atoms. The van der Waals surface area contributed by atoms with Gasteiger partial charge in [-0.25, -0.2) is 27.6 Å². The maximum atomic E-state index is 14.8. The molecule has 200 valence electrons. The summed E-state index contributed by atoms with van der Waals surface area (Å²) in [6.07, 6.45) is 8.22. The van der Waals surface area contributed by atoms with Crippen LogP contribution in [-0.4, -0.2) is 67.5 Å². The van der Waals surface area contributed by atoms with Crippen molar-refractivity contribution in [3.8, 4) is 5.88 Å². The van der Waals surface area contributed by atoms with Gasteiger partial charge in [-0.2, -0.15) is 0 Å². The van der Waals surface area contributed by atoms with Crippen molar-refractivity contribution in [2.75, 3.05) is 30.8 Å². The third-order valence-corrected chi connectivity index (χ3v) is 8.61.